The van der Waals surface area contributed by atoms with Crippen LogP contribution in [0, 0.1) is 3.57 Å². The van der Waals surface area contributed by atoms with Gasteiger partial charge in [0.1, 0.15) is 0 Å². The van der Waals surface area contributed by atoms with Gasteiger partial charge in [-0.25, -0.2) is 0 Å². The molecule has 0 radical (unpaired) electrons. The van der Waals surface area contributed by atoms with Crippen LogP contribution < -0.4 is 11.1 Å². The van der Waals surface area contributed by atoms with Crippen molar-refractivity contribution >= 4 is 40.1 Å². The van der Waals surface area contributed by atoms with E-state index in [9.17, 15) is 4.79 Å². The summed E-state index contributed by atoms with van der Waals surface area (Å²) in [5.41, 5.74) is 6.61. The molecule has 1 saturated carbocycles. The van der Waals surface area contributed by atoms with E-state index in [1.54, 1.807) is 12.1 Å². The minimum absolute atomic E-state index is 0.0713. The number of carbonyl (C=O) groups is 1. The Balaban J connectivity index is 2.04. The largest absolute Gasteiger partial charge is 0.348 e. The number of benzene rings is 1. The van der Waals surface area contributed by atoms with Crippen LogP contribution in [0.3, 0.4) is 0 Å². The molecule has 3 N–H and O–H groups in total. The van der Waals surface area contributed by atoms with Gasteiger partial charge in [0, 0.05) is 21.2 Å². The Morgan fingerprint density at radius 1 is 1.39 bits per heavy atom. The maximum atomic E-state index is 12.1. The highest BCUT2D eigenvalue weighted by Crippen LogP contribution is 2.21. The number of nitrogens with one attached hydrogen (secondary N) is 1. The van der Waals surface area contributed by atoms with Gasteiger partial charge in [-0.3, -0.25) is 4.79 Å². The molecule has 1 amide bonds. The van der Waals surface area contributed by atoms with Gasteiger partial charge in [-0.15, -0.1) is 0 Å². The molecule has 0 aromatic heterocycles. The molecule has 18 heavy (non-hydrogen) atoms. The maximum Gasteiger partial charge on any atom is 0.251 e. The normalized spacial score (nSPS) is 23.7. The van der Waals surface area contributed by atoms with E-state index >= 15 is 0 Å². The van der Waals surface area contributed by atoms with Crippen molar-refractivity contribution in [1.82, 2.24) is 5.32 Å². The van der Waals surface area contributed by atoms with Crippen molar-refractivity contribution in [2.45, 2.75) is 37.8 Å². The first-order chi connectivity index (χ1) is 8.58. The number of hydrogen-bond donors (Lipinski definition) is 2. The predicted octanol–water partition coefficient (Wildman–Crippen LogP) is 2.94. The van der Waals surface area contributed by atoms with Gasteiger partial charge in [-0.2, -0.15) is 0 Å². The third kappa shape index (κ3) is 3.36. The summed E-state index contributed by atoms with van der Waals surface area (Å²) >= 11 is 8.16. The van der Waals surface area contributed by atoms with Crippen LogP contribution in [0.25, 0.3) is 0 Å². The first-order valence-corrected chi connectivity index (χ1v) is 7.55. The zero-order chi connectivity index (χ0) is 13.1. The number of halogens is 2. The molecule has 1 fully saturated rings. The lowest BCUT2D eigenvalue weighted by atomic mass is 9.91. The zero-order valence-electron chi connectivity index (χ0n) is 9.96. The summed E-state index contributed by atoms with van der Waals surface area (Å²) in [5, 5.41) is 3.61. The number of carbonyl (C=O) groups excluding carboxylic acids is 1. The van der Waals surface area contributed by atoms with Gasteiger partial charge >= 0.3 is 0 Å². The van der Waals surface area contributed by atoms with Crippen molar-refractivity contribution in [2.75, 3.05) is 0 Å². The van der Waals surface area contributed by atoms with Gasteiger partial charge in [0.25, 0.3) is 5.91 Å². The van der Waals surface area contributed by atoms with Crippen molar-refractivity contribution in [1.29, 1.82) is 0 Å². The van der Waals surface area contributed by atoms with E-state index in [0.29, 0.717) is 10.6 Å². The average Bonchev–Trinajstić information content (AvgIpc) is 2.35. The minimum Gasteiger partial charge on any atom is -0.348 e. The monoisotopic (exact) mass is 378 g/mol. The molecule has 2 atom stereocenters. The van der Waals surface area contributed by atoms with E-state index < -0.39 is 0 Å². The molecule has 98 valence electrons. The molecule has 0 saturated heterocycles. The number of hydrogen-bond acceptors (Lipinski definition) is 2. The summed E-state index contributed by atoms with van der Waals surface area (Å²) in [6.07, 6.45) is 4.23. The quantitative estimate of drug-likeness (QED) is 0.778. The van der Waals surface area contributed by atoms with Crippen LogP contribution in [-0.2, 0) is 0 Å². The highest BCUT2D eigenvalue weighted by atomic mass is 127. The summed E-state index contributed by atoms with van der Waals surface area (Å²) in [4.78, 5) is 12.1. The molecule has 5 heteroatoms. The molecule has 1 aliphatic rings. The molecule has 1 aliphatic carbocycles. The van der Waals surface area contributed by atoms with Gasteiger partial charge in [-0.05, 0) is 53.6 Å². The van der Waals surface area contributed by atoms with Crippen molar-refractivity contribution in [3.8, 4) is 0 Å². The van der Waals surface area contributed by atoms with E-state index in [4.69, 9.17) is 17.3 Å². The van der Waals surface area contributed by atoms with Crippen LogP contribution in [0.2, 0.25) is 5.02 Å². The highest BCUT2D eigenvalue weighted by Gasteiger charge is 2.23. The molecule has 2 rings (SSSR count). The van der Waals surface area contributed by atoms with Gasteiger partial charge in [-0.1, -0.05) is 24.4 Å². The molecule has 1 aromatic carbocycles. The molecular weight excluding hydrogens is 363 g/mol. The first kappa shape index (κ1) is 14.1. The summed E-state index contributed by atoms with van der Waals surface area (Å²) < 4.78 is 0.945. The molecule has 0 aliphatic heterocycles. The Morgan fingerprint density at radius 3 is 2.78 bits per heavy atom. The third-order valence-electron chi connectivity index (χ3n) is 3.32. The number of rotatable bonds is 2. The second-order valence-electron chi connectivity index (χ2n) is 4.66. The first-order valence-electron chi connectivity index (χ1n) is 6.09. The maximum absolute atomic E-state index is 12.1. The van der Waals surface area contributed by atoms with E-state index in [0.717, 1.165) is 29.3 Å². The van der Waals surface area contributed by atoms with Crippen molar-refractivity contribution in [3.05, 3.63) is 32.4 Å². The molecular formula is C13H16ClIN2O. The van der Waals surface area contributed by atoms with E-state index in [2.05, 4.69) is 27.9 Å². The Morgan fingerprint density at radius 2 is 2.11 bits per heavy atom. The summed E-state index contributed by atoms with van der Waals surface area (Å²) in [6, 6.07) is 5.49. The topological polar surface area (TPSA) is 55.1 Å². The summed E-state index contributed by atoms with van der Waals surface area (Å²) in [5.74, 6) is -0.0874. The van der Waals surface area contributed by atoms with Gasteiger partial charge in [0.15, 0.2) is 0 Å². The lowest BCUT2D eigenvalue weighted by Crippen LogP contribution is -2.49. The second kappa shape index (κ2) is 6.21. The van der Waals surface area contributed by atoms with E-state index in [1.807, 2.05) is 6.07 Å². The Bertz CT molecular complexity index is 453. The fourth-order valence-electron chi connectivity index (χ4n) is 2.23. The van der Waals surface area contributed by atoms with Crippen LogP contribution in [0.4, 0.5) is 0 Å². The predicted molar refractivity (Wildman–Crippen MR) is 81.9 cm³/mol. The standard InChI is InChI=1S/C13H16ClIN2O/c14-9-7-8(5-6-10(9)15)13(18)17-12-4-2-1-3-11(12)16/h5-7,11-12H,1-4,16H2,(H,17,18)/t11-,12-/m1/s1. The van der Waals surface area contributed by atoms with Gasteiger partial charge in [0.2, 0.25) is 0 Å². The third-order valence-corrected chi connectivity index (χ3v) is 4.89. The SMILES string of the molecule is N[C@@H]1CCCC[C@H]1NC(=O)c1ccc(I)c(Cl)c1. The molecule has 0 heterocycles. The van der Waals surface area contributed by atoms with Gasteiger partial charge < -0.3 is 11.1 Å². The zero-order valence-corrected chi connectivity index (χ0v) is 12.9. The van der Waals surface area contributed by atoms with Crippen molar-refractivity contribution < 1.29 is 4.79 Å². The average molecular weight is 379 g/mol. The van der Waals surface area contributed by atoms with Crippen LogP contribution in [-0.4, -0.2) is 18.0 Å². The van der Waals surface area contributed by atoms with Crippen molar-refractivity contribution in [2.24, 2.45) is 5.73 Å². The summed E-state index contributed by atoms with van der Waals surface area (Å²) in [6.45, 7) is 0. The van der Waals surface area contributed by atoms with Crippen LogP contribution in [0.1, 0.15) is 36.0 Å². The molecule has 1 aromatic rings. The van der Waals surface area contributed by atoms with Crippen LogP contribution in [0.15, 0.2) is 18.2 Å². The van der Waals surface area contributed by atoms with E-state index in [-0.39, 0.29) is 18.0 Å². The second-order valence-corrected chi connectivity index (χ2v) is 6.23. The van der Waals surface area contributed by atoms with Crippen molar-refractivity contribution in [3.63, 3.8) is 0 Å². The lowest BCUT2D eigenvalue weighted by molar-refractivity contribution is 0.0921. The number of amides is 1. The highest BCUT2D eigenvalue weighted by molar-refractivity contribution is 14.1. The van der Waals surface area contributed by atoms with Crippen LogP contribution >= 0.6 is 34.2 Å². The molecule has 3 nitrogen and oxygen atoms in total. The van der Waals surface area contributed by atoms with Crippen LogP contribution in [0.5, 0.6) is 0 Å². The Kier molecular flexibility index (Phi) is 4.86. The minimum atomic E-state index is -0.0874. The fraction of sp³-hybridized carbons (Fsp3) is 0.462. The number of nitrogens with two attached hydrogens (primary N) is 1. The fourth-order valence-corrected chi connectivity index (χ4v) is 2.74. The smallest absolute Gasteiger partial charge is 0.251 e. The lowest BCUT2D eigenvalue weighted by Gasteiger charge is -2.29. The molecule has 0 spiro atoms. The van der Waals surface area contributed by atoms with E-state index in [1.165, 1.54) is 0 Å². The molecule has 0 unspecified atom stereocenters. The Labute approximate surface area is 126 Å². The summed E-state index contributed by atoms with van der Waals surface area (Å²) in [7, 11) is 0. The van der Waals surface area contributed by atoms with Gasteiger partial charge in [0.05, 0.1) is 5.02 Å². The Hall–Kier alpha value is -0.330. The molecule has 0 bridgehead atoms.